The van der Waals surface area contributed by atoms with Crippen LogP contribution in [0.3, 0.4) is 0 Å². The van der Waals surface area contributed by atoms with Gasteiger partial charge in [0.05, 0.1) is 6.54 Å². The summed E-state index contributed by atoms with van der Waals surface area (Å²) in [5.41, 5.74) is 1.60. The number of benzene rings is 1. The van der Waals surface area contributed by atoms with Gasteiger partial charge in [0.15, 0.2) is 0 Å². The number of rotatable bonds is 0. The molecule has 1 amide bonds. The van der Waals surface area contributed by atoms with E-state index >= 15 is 0 Å². The first-order valence-electron chi connectivity index (χ1n) is 4.05. The van der Waals surface area contributed by atoms with Crippen LogP contribution in [0.25, 0.3) is 0 Å². The molecule has 1 aromatic rings. The van der Waals surface area contributed by atoms with Gasteiger partial charge >= 0.3 is 0 Å². The molecule has 13 heavy (non-hydrogen) atoms. The van der Waals surface area contributed by atoms with Crippen LogP contribution in [0.2, 0.25) is 0 Å². The number of amides is 1. The Labute approximate surface area is 74.9 Å². The minimum absolute atomic E-state index is 0.0726. The normalized spacial score (nSPS) is 15.3. The summed E-state index contributed by atoms with van der Waals surface area (Å²) in [7, 11) is 0. The average molecular weight is 180 g/mol. The Morgan fingerprint density at radius 1 is 1.23 bits per heavy atom. The van der Waals surface area contributed by atoms with Gasteiger partial charge in [0, 0.05) is 12.2 Å². The monoisotopic (exact) mass is 180 g/mol. The number of anilines is 1. The van der Waals surface area contributed by atoms with Gasteiger partial charge in [-0.3, -0.25) is 4.79 Å². The lowest BCUT2D eigenvalue weighted by Crippen LogP contribution is -2.25. The largest absolute Gasteiger partial charge is 0.376 e. The molecule has 4 heteroatoms. The van der Waals surface area contributed by atoms with Crippen molar-refractivity contribution in [3.8, 4) is 0 Å². The molecule has 0 saturated carbocycles. The minimum atomic E-state index is -0.281. The molecule has 1 aliphatic heterocycles. The van der Waals surface area contributed by atoms with Crippen LogP contribution in [0.5, 0.6) is 0 Å². The summed E-state index contributed by atoms with van der Waals surface area (Å²) < 4.78 is 12.8. The van der Waals surface area contributed by atoms with Gasteiger partial charge in [-0.15, -0.1) is 0 Å². The van der Waals surface area contributed by atoms with Gasteiger partial charge < -0.3 is 10.6 Å². The SMILES string of the molecule is O=C1CNc2ccc(F)cc2CN1. The number of nitrogens with one attached hydrogen (secondary N) is 2. The maximum atomic E-state index is 12.8. The summed E-state index contributed by atoms with van der Waals surface area (Å²) >= 11 is 0. The fourth-order valence-corrected chi connectivity index (χ4v) is 1.31. The van der Waals surface area contributed by atoms with Crippen molar-refractivity contribution >= 4 is 11.6 Å². The molecular formula is C9H9FN2O. The van der Waals surface area contributed by atoms with E-state index in [1.165, 1.54) is 12.1 Å². The lowest BCUT2D eigenvalue weighted by atomic mass is 10.2. The highest BCUT2D eigenvalue weighted by atomic mass is 19.1. The third-order valence-corrected chi connectivity index (χ3v) is 1.98. The van der Waals surface area contributed by atoms with Gasteiger partial charge in [-0.1, -0.05) is 0 Å². The lowest BCUT2D eigenvalue weighted by Gasteiger charge is -2.04. The van der Waals surface area contributed by atoms with E-state index in [2.05, 4.69) is 10.6 Å². The molecule has 0 atom stereocenters. The third kappa shape index (κ3) is 1.61. The Kier molecular flexibility index (Phi) is 1.88. The summed E-state index contributed by atoms with van der Waals surface area (Å²) in [6.07, 6.45) is 0. The zero-order valence-corrected chi connectivity index (χ0v) is 6.93. The molecule has 0 fully saturated rings. The van der Waals surface area contributed by atoms with Crippen LogP contribution in [-0.4, -0.2) is 12.5 Å². The highest BCUT2D eigenvalue weighted by Crippen LogP contribution is 2.17. The quantitative estimate of drug-likeness (QED) is 0.622. The summed E-state index contributed by atoms with van der Waals surface area (Å²) in [4.78, 5) is 11.0. The molecular weight excluding hydrogens is 171 g/mol. The first-order valence-corrected chi connectivity index (χ1v) is 4.05. The van der Waals surface area contributed by atoms with Gasteiger partial charge in [-0.05, 0) is 23.8 Å². The third-order valence-electron chi connectivity index (χ3n) is 1.98. The molecule has 0 radical (unpaired) electrons. The van der Waals surface area contributed by atoms with Crippen LogP contribution in [-0.2, 0) is 11.3 Å². The first kappa shape index (κ1) is 8.04. The minimum Gasteiger partial charge on any atom is -0.376 e. The van der Waals surface area contributed by atoms with Crippen molar-refractivity contribution < 1.29 is 9.18 Å². The number of carbonyl (C=O) groups excluding carboxylic acids is 1. The zero-order chi connectivity index (χ0) is 9.26. The smallest absolute Gasteiger partial charge is 0.239 e. The lowest BCUT2D eigenvalue weighted by molar-refractivity contribution is -0.119. The molecule has 0 bridgehead atoms. The van der Waals surface area contributed by atoms with E-state index in [4.69, 9.17) is 0 Å². The van der Waals surface area contributed by atoms with Gasteiger partial charge in [0.25, 0.3) is 0 Å². The molecule has 0 unspecified atom stereocenters. The predicted octanol–water partition coefficient (Wildman–Crippen LogP) is 0.867. The number of halogens is 1. The fourth-order valence-electron chi connectivity index (χ4n) is 1.31. The molecule has 0 spiro atoms. The van der Waals surface area contributed by atoms with E-state index in [-0.39, 0.29) is 18.3 Å². The summed E-state index contributed by atoms with van der Waals surface area (Å²) in [5.74, 6) is -0.353. The molecule has 2 rings (SSSR count). The topological polar surface area (TPSA) is 41.1 Å². The maximum Gasteiger partial charge on any atom is 0.239 e. The van der Waals surface area contributed by atoms with Crippen molar-refractivity contribution in [3.63, 3.8) is 0 Å². The second-order valence-corrected chi connectivity index (χ2v) is 2.93. The van der Waals surface area contributed by atoms with Crippen LogP contribution < -0.4 is 10.6 Å². The van der Waals surface area contributed by atoms with E-state index in [1.54, 1.807) is 6.07 Å². The highest BCUT2D eigenvalue weighted by Gasteiger charge is 2.11. The van der Waals surface area contributed by atoms with Crippen LogP contribution in [0.1, 0.15) is 5.56 Å². The number of hydrogen-bond donors (Lipinski definition) is 2. The van der Waals surface area contributed by atoms with Crippen molar-refractivity contribution in [2.75, 3.05) is 11.9 Å². The molecule has 68 valence electrons. The molecule has 2 N–H and O–H groups in total. The Hall–Kier alpha value is -1.58. The number of fused-ring (bicyclic) bond motifs is 1. The Bertz CT molecular complexity index is 351. The van der Waals surface area contributed by atoms with Crippen LogP contribution in [0.15, 0.2) is 18.2 Å². The highest BCUT2D eigenvalue weighted by molar-refractivity contribution is 5.82. The van der Waals surface area contributed by atoms with E-state index in [0.29, 0.717) is 6.54 Å². The van der Waals surface area contributed by atoms with Gasteiger partial charge in [-0.25, -0.2) is 4.39 Å². The predicted molar refractivity (Wildman–Crippen MR) is 46.7 cm³/mol. The van der Waals surface area contributed by atoms with Crippen molar-refractivity contribution in [2.24, 2.45) is 0 Å². The van der Waals surface area contributed by atoms with Crippen molar-refractivity contribution in [1.82, 2.24) is 5.32 Å². The summed E-state index contributed by atoms with van der Waals surface area (Å²) in [6, 6.07) is 4.44. The van der Waals surface area contributed by atoms with Gasteiger partial charge in [-0.2, -0.15) is 0 Å². The molecule has 0 aromatic heterocycles. The van der Waals surface area contributed by atoms with E-state index in [0.717, 1.165) is 11.3 Å². The number of hydrogen-bond acceptors (Lipinski definition) is 2. The molecule has 1 heterocycles. The first-order chi connectivity index (χ1) is 6.25. The molecule has 3 nitrogen and oxygen atoms in total. The van der Waals surface area contributed by atoms with Crippen LogP contribution in [0, 0.1) is 5.82 Å². The van der Waals surface area contributed by atoms with Crippen LogP contribution in [0.4, 0.5) is 10.1 Å². The van der Waals surface area contributed by atoms with Crippen molar-refractivity contribution in [3.05, 3.63) is 29.6 Å². The maximum absolute atomic E-state index is 12.8. The second kappa shape index (κ2) is 3.05. The molecule has 0 saturated heterocycles. The zero-order valence-electron chi connectivity index (χ0n) is 6.93. The fraction of sp³-hybridized carbons (Fsp3) is 0.222. The Morgan fingerprint density at radius 3 is 2.92 bits per heavy atom. The van der Waals surface area contributed by atoms with Crippen LogP contribution >= 0.6 is 0 Å². The van der Waals surface area contributed by atoms with Gasteiger partial charge in [0.2, 0.25) is 5.91 Å². The van der Waals surface area contributed by atoms with Crippen molar-refractivity contribution in [2.45, 2.75) is 6.54 Å². The number of carbonyl (C=O) groups is 1. The Morgan fingerprint density at radius 2 is 2.08 bits per heavy atom. The van der Waals surface area contributed by atoms with E-state index in [9.17, 15) is 9.18 Å². The molecule has 1 aliphatic rings. The average Bonchev–Trinajstić information content (AvgIpc) is 2.29. The summed E-state index contributed by atoms with van der Waals surface area (Å²) in [6.45, 7) is 0.636. The molecule has 0 aliphatic carbocycles. The van der Waals surface area contributed by atoms with E-state index in [1.807, 2.05) is 0 Å². The standard InChI is InChI=1S/C9H9FN2O/c10-7-1-2-8-6(3-7)4-12-9(13)5-11-8/h1-3,11H,4-5H2,(H,12,13). The van der Waals surface area contributed by atoms with Gasteiger partial charge in [0.1, 0.15) is 5.82 Å². The molecule has 1 aromatic carbocycles. The van der Waals surface area contributed by atoms with E-state index < -0.39 is 0 Å². The second-order valence-electron chi connectivity index (χ2n) is 2.93. The summed E-state index contributed by atoms with van der Waals surface area (Å²) in [5, 5.41) is 5.58. The Balaban J connectivity index is 2.35. The van der Waals surface area contributed by atoms with Crippen molar-refractivity contribution in [1.29, 1.82) is 0 Å².